The van der Waals surface area contributed by atoms with Crippen LogP contribution in [-0.2, 0) is 4.79 Å². The normalized spacial score (nSPS) is 21.9. The summed E-state index contributed by atoms with van der Waals surface area (Å²) < 4.78 is 0. The number of carbonyl (C=O) groups is 1. The van der Waals surface area contributed by atoms with Gasteiger partial charge in [-0.1, -0.05) is 0 Å². The van der Waals surface area contributed by atoms with E-state index >= 15 is 0 Å². The summed E-state index contributed by atoms with van der Waals surface area (Å²) in [6.45, 7) is 4.59. The molecule has 0 spiro atoms. The Hall–Kier alpha value is -0.490. The van der Waals surface area contributed by atoms with Gasteiger partial charge in [-0.05, 0) is 14.1 Å². The number of piperazine rings is 1. The predicted octanol–water partition coefficient (Wildman–Crippen LogP) is -1.32. The molecule has 1 heterocycles. The van der Waals surface area contributed by atoms with E-state index in [0.29, 0.717) is 0 Å². The van der Waals surface area contributed by atoms with Crippen LogP contribution in [0.15, 0.2) is 0 Å². The lowest BCUT2D eigenvalue weighted by Crippen LogP contribution is -2.55. The highest BCUT2D eigenvalue weighted by atomic mass is 16.3. The number of carbonyl (C=O) groups excluding carboxylic acids is 1. The van der Waals surface area contributed by atoms with Gasteiger partial charge in [0.1, 0.15) is 6.17 Å². The molecule has 5 heteroatoms. The summed E-state index contributed by atoms with van der Waals surface area (Å²) in [6, 6.07) is 0. The highest BCUT2D eigenvalue weighted by molar-refractivity contribution is 5.56. The second-order valence-corrected chi connectivity index (χ2v) is 4.11. The summed E-state index contributed by atoms with van der Waals surface area (Å²) in [4.78, 5) is 17.2. The molecule has 0 aromatic rings. The number of likely N-dealkylation sites (N-methyl/N-ethyl adjacent to an activating group) is 1. The van der Waals surface area contributed by atoms with Crippen LogP contribution in [0, 0.1) is 0 Å². The maximum atomic E-state index is 10.9. The summed E-state index contributed by atoms with van der Waals surface area (Å²) in [5.41, 5.74) is 0. The third kappa shape index (κ3) is 3.53. The van der Waals surface area contributed by atoms with Crippen LogP contribution in [0.2, 0.25) is 0 Å². The molecule has 1 fully saturated rings. The van der Waals surface area contributed by atoms with Gasteiger partial charge >= 0.3 is 0 Å². The lowest BCUT2D eigenvalue weighted by Gasteiger charge is -2.39. The predicted molar refractivity (Wildman–Crippen MR) is 58.6 cm³/mol. The van der Waals surface area contributed by atoms with Gasteiger partial charge in [-0.2, -0.15) is 0 Å². The maximum Gasteiger partial charge on any atom is 0.151 e. The van der Waals surface area contributed by atoms with Crippen molar-refractivity contribution < 1.29 is 9.90 Å². The van der Waals surface area contributed by atoms with E-state index in [0.717, 1.165) is 39.0 Å². The van der Waals surface area contributed by atoms with Gasteiger partial charge in [-0.25, -0.2) is 0 Å². The van der Waals surface area contributed by atoms with Crippen LogP contribution in [0.3, 0.4) is 0 Å². The minimum atomic E-state index is -0.110. The Morgan fingerprint density at radius 1 is 1.33 bits per heavy atom. The summed E-state index contributed by atoms with van der Waals surface area (Å²) in [7, 11) is 3.83. The number of aliphatic hydroxyl groups is 1. The van der Waals surface area contributed by atoms with Gasteiger partial charge in [0.25, 0.3) is 0 Å². The smallest absolute Gasteiger partial charge is 0.151 e. The van der Waals surface area contributed by atoms with Gasteiger partial charge in [0, 0.05) is 32.7 Å². The Labute approximate surface area is 91.3 Å². The Balaban J connectivity index is 2.38. The van der Waals surface area contributed by atoms with Crippen molar-refractivity contribution in [1.29, 1.82) is 0 Å². The first-order chi connectivity index (χ1) is 7.19. The molecule has 5 nitrogen and oxygen atoms in total. The quantitative estimate of drug-likeness (QED) is 0.577. The molecule has 1 saturated heterocycles. The molecular weight excluding hydrogens is 194 g/mol. The molecule has 0 amide bonds. The molecule has 1 N–H and O–H groups in total. The Morgan fingerprint density at radius 3 is 2.33 bits per heavy atom. The summed E-state index contributed by atoms with van der Waals surface area (Å²) in [5.74, 6) is 0. The lowest BCUT2D eigenvalue weighted by molar-refractivity contribution is -0.118. The molecule has 15 heavy (non-hydrogen) atoms. The van der Waals surface area contributed by atoms with Crippen molar-refractivity contribution in [2.75, 3.05) is 53.4 Å². The molecule has 1 unspecified atom stereocenters. The van der Waals surface area contributed by atoms with Crippen molar-refractivity contribution in [2.45, 2.75) is 6.17 Å². The molecule has 1 aliphatic heterocycles. The van der Waals surface area contributed by atoms with Crippen LogP contribution in [0.25, 0.3) is 0 Å². The SMILES string of the molecule is CN(C)C(C=O)N1CCN(CCO)CC1. The Bertz CT molecular complexity index is 191. The van der Waals surface area contributed by atoms with Crippen molar-refractivity contribution >= 4 is 6.29 Å². The number of β-amino-alcohol motifs (C(OH)–C–C–N with tert-alkyl or cyclic N) is 1. The van der Waals surface area contributed by atoms with Gasteiger partial charge in [0.2, 0.25) is 0 Å². The minimum Gasteiger partial charge on any atom is -0.395 e. The van der Waals surface area contributed by atoms with E-state index in [-0.39, 0.29) is 12.8 Å². The lowest BCUT2D eigenvalue weighted by atomic mass is 10.3. The molecule has 0 aromatic heterocycles. The fourth-order valence-corrected chi connectivity index (χ4v) is 1.93. The molecule has 1 aliphatic rings. The van der Waals surface area contributed by atoms with Crippen molar-refractivity contribution in [3.63, 3.8) is 0 Å². The average Bonchev–Trinajstić information content (AvgIpc) is 2.21. The fraction of sp³-hybridized carbons (Fsp3) is 0.900. The first-order valence-electron chi connectivity index (χ1n) is 5.38. The van der Waals surface area contributed by atoms with E-state index in [9.17, 15) is 4.79 Å². The topological polar surface area (TPSA) is 47.0 Å². The summed E-state index contributed by atoms with van der Waals surface area (Å²) in [6.07, 6.45) is 0.878. The number of aldehydes is 1. The minimum absolute atomic E-state index is 0.110. The van der Waals surface area contributed by atoms with Gasteiger partial charge < -0.3 is 9.90 Å². The number of hydrogen-bond acceptors (Lipinski definition) is 5. The van der Waals surface area contributed by atoms with Crippen LogP contribution >= 0.6 is 0 Å². The zero-order valence-electron chi connectivity index (χ0n) is 9.59. The molecule has 1 rings (SSSR count). The monoisotopic (exact) mass is 215 g/mol. The van der Waals surface area contributed by atoms with Crippen molar-refractivity contribution in [2.24, 2.45) is 0 Å². The summed E-state index contributed by atoms with van der Waals surface area (Å²) in [5, 5.41) is 8.81. The Kier molecular flexibility index (Phi) is 5.17. The summed E-state index contributed by atoms with van der Waals surface area (Å²) >= 11 is 0. The van der Waals surface area contributed by atoms with Crippen LogP contribution in [0.5, 0.6) is 0 Å². The molecule has 0 aliphatic carbocycles. The van der Waals surface area contributed by atoms with Gasteiger partial charge in [-0.15, -0.1) is 0 Å². The third-order valence-electron chi connectivity index (χ3n) is 2.85. The molecule has 0 aromatic carbocycles. The number of nitrogens with zero attached hydrogens (tertiary/aromatic N) is 3. The van der Waals surface area contributed by atoms with E-state index < -0.39 is 0 Å². The first kappa shape index (κ1) is 12.6. The van der Waals surface area contributed by atoms with Crippen molar-refractivity contribution in [1.82, 2.24) is 14.7 Å². The number of hydrogen-bond donors (Lipinski definition) is 1. The first-order valence-corrected chi connectivity index (χ1v) is 5.38. The number of rotatable bonds is 5. The van der Waals surface area contributed by atoms with Crippen LogP contribution in [0.1, 0.15) is 0 Å². The average molecular weight is 215 g/mol. The second kappa shape index (κ2) is 6.17. The van der Waals surface area contributed by atoms with E-state index in [1.165, 1.54) is 0 Å². The standard InChI is InChI=1S/C10H21N3O2/c1-11(2)10(9-15)13-5-3-12(4-6-13)7-8-14/h9-10,14H,3-8H2,1-2H3. The van der Waals surface area contributed by atoms with E-state index in [1.54, 1.807) is 0 Å². The highest BCUT2D eigenvalue weighted by Crippen LogP contribution is 2.06. The van der Waals surface area contributed by atoms with E-state index in [1.807, 2.05) is 19.0 Å². The molecule has 1 atom stereocenters. The van der Waals surface area contributed by atoms with Gasteiger partial charge in [0.05, 0.1) is 6.61 Å². The number of aliphatic hydroxyl groups excluding tert-OH is 1. The van der Waals surface area contributed by atoms with E-state index in [4.69, 9.17) is 5.11 Å². The Morgan fingerprint density at radius 2 is 1.93 bits per heavy atom. The largest absolute Gasteiger partial charge is 0.395 e. The molecule has 88 valence electrons. The van der Waals surface area contributed by atoms with Gasteiger partial charge in [0.15, 0.2) is 6.29 Å². The van der Waals surface area contributed by atoms with Gasteiger partial charge in [-0.3, -0.25) is 14.7 Å². The fourth-order valence-electron chi connectivity index (χ4n) is 1.93. The zero-order valence-corrected chi connectivity index (χ0v) is 9.59. The third-order valence-corrected chi connectivity index (χ3v) is 2.85. The molecular formula is C10H21N3O2. The zero-order chi connectivity index (χ0) is 11.3. The second-order valence-electron chi connectivity index (χ2n) is 4.11. The van der Waals surface area contributed by atoms with Crippen molar-refractivity contribution in [3.8, 4) is 0 Å². The maximum absolute atomic E-state index is 10.9. The van der Waals surface area contributed by atoms with Crippen LogP contribution in [-0.4, -0.2) is 85.7 Å². The van der Waals surface area contributed by atoms with Crippen LogP contribution in [0.4, 0.5) is 0 Å². The van der Waals surface area contributed by atoms with E-state index in [2.05, 4.69) is 9.80 Å². The molecule has 0 bridgehead atoms. The molecule has 0 saturated carbocycles. The highest BCUT2D eigenvalue weighted by Gasteiger charge is 2.24. The molecule has 0 radical (unpaired) electrons. The van der Waals surface area contributed by atoms with Crippen LogP contribution < -0.4 is 0 Å². The van der Waals surface area contributed by atoms with Crippen molar-refractivity contribution in [3.05, 3.63) is 0 Å².